The lowest BCUT2D eigenvalue weighted by Gasteiger charge is -2.22. The highest BCUT2D eigenvalue weighted by Gasteiger charge is 2.26. The number of hydrogen-bond acceptors (Lipinski definition) is 4. The van der Waals surface area contributed by atoms with Crippen LogP contribution in [-0.2, 0) is 0 Å². The van der Waals surface area contributed by atoms with Crippen LogP contribution in [0, 0.1) is 0 Å². The SMILES string of the molecule is CC1(C)CCN(C(=O)c2cnc(N)c(Cl)c2)CCS1. The predicted octanol–water partition coefficient (Wildman–Crippen LogP) is 2.67. The summed E-state index contributed by atoms with van der Waals surface area (Å²) >= 11 is 7.82. The molecule has 0 radical (unpaired) electrons. The van der Waals surface area contributed by atoms with Crippen molar-refractivity contribution in [2.45, 2.75) is 25.0 Å². The van der Waals surface area contributed by atoms with E-state index in [9.17, 15) is 4.79 Å². The average molecular weight is 300 g/mol. The minimum Gasteiger partial charge on any atom is -0.382 e. The molecule has 0 aromatic carbocycles. The van der Waals surface area contributed by atoms with Crippen molar-refractivity contribution in [3.05, 3.63) is 22.8 Å². The van der Waals surface area contributed by atoms with Gasteiger partial charge < -0.3 is 10.6 Å². The first kappa shape index (κ1) is 14.5. The number of pyridine rings is 1. The van der Waals surface area contributed by atoms with Gasteiger partial charge in [0.1, 0.15) is 5.82 Å². The van der Waals surface area contributed by atoms with Gasteiger partial charge in [0.15, 0.2) is 0 Å². The molecular weight excluding hydrogens is 282 g/mol. The fourth-order valence-electron chi connectivity index (χ4n) is 1.97. The van der Waals surface area contributed by atoms with E-state index in [4.69, 9.17) is 17.3 Å². The summed E-state index contributed by atoms with van der Waals surface area (Å²) in [5, 5.41) is 0.329. The van der Waals surface area contributed by atoms with Crippen LogP contribution in [0.1, 0.15) is 30.6 Å². The van der Waals surface area contributed by atoms with Crippen LogP contribution in [-0.4, -0.2) is 39.4 Å². The molecule has 0 saturated carbocycles. The Kier molecular flexibility index (Phi) is 4.26. The molecule has 2 heterocycles. The number of nitrogens with two attached hydrogens (primary N) is 1. The van der Waals surface area contributed by atoms with E-state index in [0.29, 0.717) is 10.6 Å². The largest absolute Gasteiger partial charge is 0.382 e. The van der Waals surface area contributed by atoms with Gasteiger partial charge in [0.25, 0.3) is 5.91 Å². The van der Waals surface area contributed by atoms with Crippen LogP contribution in [0.3, 0.4) is 0 Å². The maximum atomic E-state index is 12.4. The van der Waals surface area contributed by atoms with Gasteiger partial charge in [-0.25, -0.2) is 4.98 Å². The Balaban J connectivity index is 2.13. The summed E-state index contributed by atoms with van der Waals surface area (Å²) < 4.78 is 0.228. The van der Waals surface area contributed by atoms with Gasteiger partial charge in [-0.2, -0.15) is 11.8 Å². The Morgan fingerprint density at radius 3 is 2.95 bits per heavy atom. The number of aromatic nitrogens is 1. The third kappa shape index (κ3) is 3.54. The number of carbonyl (C=O) groups excluding carboxylic acids is 1. The molecule has 0 bridgehead atoms. The van der Waals surface area contributed by atoms with Crippen molar-refractivity contribution in [2.75, 3.05) is 24.6 Å². The van der Waals surface area contributed by atoms with Crippen LogP contribution < -0.4 is 5.73 Å². The van der Waals surface area contributed by atoms with Crippen molar-refractivity contribution in [2.24, 2.45) is 0 Å². The Labute approximate surface area is 122 Å². The van der Waals surface area contributed by atoms with Crippen LogP contribution in [0.4, 0.5) is 5.82 Å². The normalized spacial score (nSPS) is 19.0. The molecule has 6 heteroatoms. The van der Waals surface area contributed by atoms with Crippen molar-refractivity contribution in [3.8, 4) is 0 Å². The van der Waals surface area contributed by atoms with Gasteiger partial charge in [-0.3, -0.25) is 4.79 Å². The molecule has 0 aliphatic carbocycles. The van der Waals surface area contributed by atoms with E-state index in [2.05, 4.69) is 18.8 Å². The lowest BCUT2D eigenvalue weighted by Crippen LogP contribution is -2.33. The molecule has 1 aromatic rings. The lowest BCUT2D eigenvalue weighted by molar-refractivity contribution is 0.0764. The van der Waals surface area contributed by atoms with E-state index in [1.807, 2.05) is 16.7 Å². The van der Waals surface area contributed by atoms with E-state index < -0.39 is 0 Å². The smallest absolute Gasteiger partial charge is 0.255 e. The molecule has 4 nitrogen and oxygen atoms in total. The Hall–Kier alpha value is -0.940. The van der Waals surface area contributed by atoms with Gasteiger partial charge in [0.2, 0.25) is 0 Å². The molecule has 0 spiro atoms. The van der Waals surface area contributed by atoms with Crippen molar-refractivity contribution in [3.63, 3.8) is 0 Å². The van der Waals surface area contributed by atoms with Crippen LogP contribution in [0.15, 0.2) is 12.3 Å². The topological polar surface area (TPSA) is 59.2 Å². The predicted molar refractivity (Wildman–Crippen MR) is 80.7 cm³/mol. The van der Waals surface area contributed by atoms with Gasteiger partial charge in [-0.05, 0) is 12.5 Å². The maximum Gasteiger partial charge on any atom is 0.255 e. The third-order valence-electron chi connectivity index (χ3n) is 3.24. The zero-order valence-corrected chi connectivity index (χ0v) is 12.7. The highest BCUT2D eigenvalue weighted by Crippen LogP contribution is 2.31. The molecule has 2 rings (SSSR count). The Morgan fingerprint density at radius 1 is 1.53 bits per heavy atom. The minimum atomic E-state index is -0.0206. The molecule has 1 amide bonds. The summed E-state index contributed by atoms with van der Waals surface area (Å²) in [5.74, 6) is 1.19. The van der Waals surface area contributed by atoms with Crippen molar-refractivity contribution >= 4 is 35.1 Å². The first-order chi connectivity index (χ1) is 8.89. The summed E-state index contributed by atoms with van der Waals surface area (Å²) in [7, 11) is 0. The second kappa shape index (κ2) is 5.59. The summed E-state index contributed by atoms with van der Waals surface area (Å²) in [6, 6.07) is 1.59. The van der Waals surface area contributed by atoms with Crippen molar-refractivity contribution in [1.29, 1.82) is 0 Å². The van der Waals surface area contributed by atoms with Gasteiger partial charge in [-0.15, -0.1) is 0 Å². The first-order valence-electron chi connectivity index (χ1n) is 6.23. The van der Waals surface area contributed by atoms with Crippen molar-refractivity contribution < 1.29 is 4.79 Å². The number of amides is 1. The standard InChI is InChI=1S/C13H18ClN3OS/c1-13(2)3-4-17(5-6-19-13)12(18)9-7-10(14)11(15)16-8-9/h7-8H,3-6H2,1-2H3,(H2,15,16). The van der Waals surface area contributed by atoms with Gasteiger partial charge in [0.05, 0.1) is 10.6 Å². The summed E-state index contributed by atoms with van der Waals surface area (Å²) in [6.45, 7) is 5.95. The van der Waals surface area contributed by atoms with Crippen LogP contribution in [0.5, 0.6) is 0 Å². The number of nitrogen functional groups attached to an aromatic ring is 1. The fourth-order valence-corrected chi connectivity index (χ4v) is 3.24. The third-order valence-corrected chi connectivity index (χ3v) is 4.92. The number of hydrogen-bond donors (Lipinski definition) is 1. The molecule has 0 atom stereocenters. The summed E-state index contributed by atoms with van der Waals surface area (Å²) in [5.41, 5.74) is 6.06. The molecule has 1 aliphatic heterocycles. The number of nitrogens with zero attached hydrogens (tertiary/aromatic N) is 2. The van der Waals surface area contributed by atoms with Gasteiger partial charge in [0, 0.05) is 29.8 Å². The molecular formula is C13H18ClN3OS. The fraction of sp³-hybridized carbons (Fsp3) is 0.538. The maximum absolute atomic E-state index is 12.4. The second-order valence-corrected chi connectivity index (χ2v) is 7.45. The van der Waals surface area contributed by atoms with Crippen molar-refractivity contribution in [1.82, 2.24) is 9.88 Å². The second-order valence-electron chi connectivity index (χ2n) is 5.24. The molecule has 1 aromatic heterocycles. The van der Waals surface area contributed by atoms with Crippen LogP contribution in [0.25, 0.3) is 0 Å². The van der Waals surface area contributed by atoms with Gasteiger partial charge >= 0.3 is 0 Å². The Bertz CT molecular complexity index is 493. The molecule has 1 saturated heterocycles. The zero-order chi connectivity index (χ0) is 14.0. The lowest BCUT2D eigenvalue weighted by atomic mass is 10.1. The van der Waals surface area contributed by atoms with E-state index in [1.165, 1.54) is 6.20 Å². The summed E-state index contributed by atoms with van der Waals surface area (Å²) in [4.78, 5) is 18.2. The number of halogens is 1. The number of carbonyl (C=O) groups is 1. The number of rotatable bonds is 1. The minimum absolute atomic E-state index is 0.0206. The van der Waals surface area contributed by atoms with E-state index >= 15 is 0 Å². The number of thioether (sulfide) groups is 1. The van der Waals surface area contributed by atoms with E-state index in [1.54, 1.807) is 6.07 Å². The summed E-state index contributed by atoms with van der Waals surface area (Å²) in [6.07, 6.45) is 2.48. The van der Waals surface area contributed by atoms with E-state index in [0.717, 1.165) is 25.3 Å². The molecule has 0 unspecified atom stereocenters. The van der Waals surface area contributed by atoms with Crippen LogP contribution >= 0.6 is 23.4 Å². The van der Waals surface area contributed by atoms with Crippen LogP contribution in [0.2, 0.25) is 5.02 Å². The highest BCUT2D eigenvalue weighted by atomic mass is 35.5. The number of anilines is 1. The monoisotopic (exact) mass is 299 g/mol. The molecule has 19 heavy (non-hydrogen) atoms. The Morgan fingerprint density at radius 2 is 2.26 bits per heavy atom. The zero-order valence-electron chi connectivity index (χ0n) is 11.1. The molecule has 104 valence electrons. The quantitative estimate of drug-likeness (QED) is 0.866. The average Bonchev–Trinajstić information content (AvgIpc) is 2.53. The molecule has 2 N–H and O–H groups in total. The van der Waals surface area contributed by atoms with Gasteiger partial charge in [-0.1, -0.05) is 25.4 Å². The first-order valence-corrected chi connectivity index (χ1v) is 7.60. The molecule has 1 fully saturated rings. The highest BCUT2D eigenvalue weighted by molar-refractivity contribution is 8.00. The molecule has 1 aliphatic rings. The van der Waals surface area contributed by atoms with E-state index in [-0.39, 0.29) is 16.5 Å².